The molecule has 0 unspecified atom stereocenters. The third-order valence-electron chi connectivity index (χ3n) is 8.63. The van der Waals surface area contributed by atoms with E-state index in [2.05, 4.69) is 82.3 Å². The maximum absolute atomic E-state index is 9.83. The lowest BCUT2D eigenvalue weighted by molar-refractivity contribution is 0.00578. The molecular weight excluding hydrogens is 457 g/mol. The molecule has 2 aliphatic heterocycles. The molecule has 4 aromatic carbocycles. The minimum atomic E-state index is -0.594. The highest BCUT2D eigenvalue weighted by Crippen LogP contribution is 2.61. The van der Waals surface area contributed by atoms with Gasteiger partial charge < -0.3 is 14.0 Å². The van der Waals surface area contributed by atoms with Crippen molar-refractivity contribution in [2.75, 3.05) is 0 Å². The summed E-state index contributed by atoms with van der Waals surface area (Å²) in [5, 5.41) is 9.83. The van der Waals surface area contributed by atoms with Crippen LogP contribution in [-0.4, -0.2) is 18.3 Å². The number of hydrogen-bond acceptors (Lipinski definition) is 4. The smallest absolute Gasteiger partial charge is 0.457 e. The summed E-state index contributed by atoms with van der Waals surface area (Å²) < 4.78 is 19.5. The Kier molecular flexibility index (Phi) is 4.44. The topological polar surface area (TPSA) is 51.5 Å². The highest BCUT2D eigenvalue weighted by molar-refractivity contribution is 6.64. The quantitative estimate of drug-likeness (QED) is 0.257. The highest BCUT2D eigenvalue weighted by Gasteiger charge is 2.56. The normalized spacial score (nSPS) is 18.8. The largest absolute Gasteiger partial charge is 0.495 e. The number of ether oxygens (including phenoxy) is 1. The number of nitriles is 1. The van der Waals surface area contributed by atoms with Crippen LogP contribution in [0.15, 0.2) is 84.9 Å². The van der Waals surface area contributed by atoms with Gasteiger partial charge in [-0.1, -0.05) is 60.7 Å². The molecule has 0 amide bonds. The van der Waals surface area contributed by atoms with Gasteiger partial charge in [-0.05, 0) is 79.7 Å². The molecule has 0 N–H and O–H groups in total. The standard InChI is InChI=1S/C32H26BNO3/c1-30(2)31(3,4)37-33(36-30)26-13-9-12-25-29(26)21-18-20(19-34)16-17-22(21)32(25)23-10-5-7-14-27(23)35-28-15-8-6-11-24(28)32/h5-18H,1-4H3. The summed E-state index contributed by atoms with van der Waals surface area (Å²) in [5.74, 6) is 1.68. The SMILES string of the molecule is CC1(C)OB(c2cccc3c2-c2cc(C#N)ccc2C32c3ccccc3Oc3ccccc32)OC1(C)C. The number of nitrogens with zero attached hydrogens (tertiary/aromatic N) is 1. The Labute approximate surface area is 217 Å². The third kappa shape index (κ3) is 2.80. The van der Waals surface area contributed by atoms with Gasteiger partial charge in [0.1, 0.15) is 11.5 Å². The van der Waals surface area contributed by atoms with Crippen molar-refractivity contribution in [3.05, 3.63) is 113 Å². The van der Waals surface area contributed by atoms with E-state index < -0.39 is 23.7 Å². The minimum Gasteiger partial charge on any atom is -0.457 e. The summed E-state index contributed by atoms with van der Waals surface area (Å²) in [6.07, 6.45) is 0. The Morgan fingerprint density at radius 2 is 1.27 bits per heavy atom. The van der Waals surface area contributed by atoms with Gasteiger partial charge in [0.2, 0.25) is 0 Å². The number of fused-ring (bicyclic) bond motifs is 9. The van der Waals surface area contributed by atoms with Crippen molar-refractivity contribution < 1.29 is 14.0 Å². The van der Waals surface area contributed by atoms with Crippen LogP contribution in [0.25, 0.3) is 11.1 Å². The Morgan fingerprint density at radius 3 is 1.89 bits per heavy atom. The number of benzene rings is 4. The van der Waals surface area contributed by atoms with Gasteiger partial charge in [0.25, 0.3) is 0 Å². The van der Waals surface area contributed by atoms with Crippen LogP contribution in [0.1, 0.15) is 55.5 Å². The number of para-hydroxylation sites is 2. The van der Waals surface area contributed by atoms with Gasteiger partial charge in [0, 0.05) is 11.1 Å². The monoisotopic (exact) mass is 483 g/mol. The van der Waals surface area contributed by atoms with Gasteiger partial charge in [0.05, 0.1) is 28.2 Å². The van der Waals surface area contributed by atoms with Gasteiger partial charge in [-0.25, -0.2) is 0 Å². The van der Waals surface area contributed by atoms with E-state index in [9.17, 15) is 5.26 Å². The molecule has 0 bridgehead atoms. The van der Waals surface area contributed by atoms with Gasteiger partial charge in [-0.3, -0.25) is 0 Å². The fourth-order valence-electron chi connectivity index (χ4n) is 6.22. The molecule has 0 atom stereocenters. The maximum atomic E-state index is 9.83. The first-order chi connectivity index (χ1) is 17.8. The third-order valence-corrected chi connectivity index (χ3v) is 8.63. The van der Waals surface area contributed by atoms with Crippen molar-refractivity contribution in [1.82, 2.24) is 0 Å². The molecule has 37 heavy (non-hydrogen) atoms. The lowest BCUT2D eigenvalue weighted by Crippen LogP contribution is -2.41. The van der Waals surface area contributed by atoms with E-state index in [4.69, 9.17) is 14.0 Å². The molecule has 7 rings (SSSR count). The summed E-state index contributed by atoms with van der Waals surface area (Å²) in [4.78, 5) is 0. The van der Waals surface area contributed by atoms with Crippen molar-refractivity contribution in [2.45, 2.75) is 44.3 Å². The van der Waals surface area contributed by atoms with Crippen LogP contribution in [0.2, 0.25) is 0 Å². The fourth-order valence-corrected chi connectivity index (χ4v) is 6.22. The molecule has 0 radical (unpaired) electrons. The van der Waals surface area contributed by atoms with E-state index in [-0.39, 0.29) is 0 Å². The van der Waals surface area contributed by atoms with E-state index >= 15 is 0 Å². The van der Waals surface area contributed by atoms with Crippen LogP contribution in [0.4, 0.5) is 0 Å². The first-order valence-electron chi connectivity index (χ1n) is 12.7. The zero-order valence-electron chi connectivity index (χ0n) is 21.3. The summed E-state index contributed by atoms with van der Waals surface area (Å²) in [6, 6.07) is 31.3. The van der Waals surface area contributed by atoms with E-state index in [1.165, 1.54) is 0 Å². The van der Waals surface area contributed by atoms with Crippen molar-refractivity contribution in [3.8, 4) is 28.7 Å². The molecule has 0 saturated carbocycles. The van der Waals surface area contributed by atoms with Crippen LogP contribution in [0.3, 0.4) is 0 Å². The second-order valence-electron chi connectivity index (χ2n) is 11.1. The predicted molar refractivity (Wildman–Crippen MR) is 144 cm³/mol. The zero-order valence-corrected chi connectivity index (χ0v) is 21.3. The van der Waals surface area contributed by atoms with Gasteiger partial charge in [-0.2, -0.15) is 5.26 Å². The highest BCUT2D eigenvalue weighted by atomic mass is 16.7. The summed E-state index contributed by atoms with van der Waals surface area (Å²) >= 11 is 0. The average Bonchev–Trinajstić information content (AvgIpc) is 3.31. The Hall–Kier alpha value is -3.85. The molecule has 4 aromatic rings. The molecular formula is C32H26BNO3. The molecule has 2 heterocycles. The van der Waals surface area contributed by atoms with Crippen LogP contribution in [0.5, 0.6) is 11.5 Å². The molecule has 1 fully saturated rings. The van der Waals surface area contributed by atoms with Gasteiger partial charge >= 0.3 is 7.12 Å². The van der Waals surface area contributed by atoms with Crippen LogP contribution >= 0.6 is 0 Å². The summed E-state index contributed by atoms with van der Waals surface area (Å²) in [5.41, 5.74) is 6.63. The van der Waals surface area contributed by atoms with Gasteiger partial charge in [-0.15, -0.1) is 0 Å². The molecule has 1 aliphatic carbocycles. The number of rotatable bonds is 1. The first kappa shape index (κ1) is 22.4. The molecule has 1 saturated heterocycles. The van der Waals surface area contributed by atoms with E-state index in [0.29, 0.717) is 5.56 Å². The lowest BCUT2D eigenvalue weighted by atomic mass is 9.65. The molecule has 0 aromatic heterocycles. The Bertz CT molecular complexity index is 1590. The Morgan fingerprint density at radius 1 is 0.676 bits per heavy atom. The van der Waals surface area contributed by atoms with Crippen molar-refractivity contribution in [1.29, 1.82) is 5.26 Å². The van der Waals surface area contributed by atoms with Crippen molar-refractivity contribution >= 4 is 12.6 Å². The van der Waals surface area contributed by atoms with E-state index in [1.54, 1.807) is 0 Å². The summed E-state index contributed by atoms with van der Waals surface area (Å²) in [7, 11) is -0.529. The molecule has 3 aliphatic rings. The maximum Gasteiger partial charge on any atom is 0.495 e. The van der Waals surface area contributed by atoms with Gasteiger partial charge in [0.15, 0.2) is 0 Å². The molecule has 180 valence electrons. The molecule has 1 spiro atoms. The lowest BCUT2D eigenvalue weighted by Gasteiger charge is -2.39. The predicted octanol–water partition coefficient (Wildman–Crippen LogP) is 6.33. The molecule has 4 nitrogen and oxygen atoms in total. The first-order valence-corrected chi connectivity index (χ1v) is 12.7. The zero-order chi connectivity index (χ0) is 25.6. The van der Waals surface area contributed by atoms with Crippen LogP contribution in [-0.2, 0) is 14.7 Å². The van der Waals surface area contributed by atoms with Crippen LogP contribution in [0, 0.1) is 11.3 Å². The second-order valence-corrected chi connectivity index (χ2v) is 11.1. The fraction of sp³-hybridized carbons (Fsp3) is 0.219. The van der Waals surface area contributed by atoms with Crippen molar-refractivity contribution in [3.63, 3.8) is 0 Å². The van der Waals surface area contributed by atoms with Crippen LogP contribution < -0.4 is 10.2 Å². The number of hydrogen-bond donors (Lipinski definition) is 0. The van der Waals surface area contributed by atoms with Crippen molar-refractivity contribution in [2.24, 2.45) is 0 Å². The van der Waals surface area contributed by atoms with E-state index in [0.717, 1.165) is 50.3 Å². The summed E-state index contributed by atoms with van der Waals surface area (Å²) in [6.45, 7) is 8.30. The molecule has 5 heteroatoms. The Balaban J connectivity index is 1.60. The second kappa shape index (κ2) is 7.35. The van der Waals surface area contributed by atoms with E-state index in [1.807, 2.05) is 36.4 Å². The average molecular weight is 483 g/mol. The minimum absolute atomic E-state index is 0.466.